The Labute approximate surface area is 237 Å². The molecule has 214 valence electrons. The van der Waals surface area contributed by atoms with Crippen LogP contribution in [0.2, 0.25) is 0 Å². The van der Waals surface area contributed by atoms with Crippen LogP contribution in [0.3, 0.4) is 0 Å². The van der Waals surface area contributed by atoms with Crippen molar-refractivity contribution in [1.29, 1.82) is 0 Å². The summed E-state index contributed by atoms with van der Waals surface area (Å²) in [5.41, 5.74) is 5.86. The lowest BCUT2D eigenvalue weighted by Crippen LogP contribution is -2.46. The van der Waals surface area contributed by atoms with Gasteiger partial charge in [-0.2, -0.15) is 13.2 Å². The summed E-state index contributed by atoms with van der Waals surface area (Å²) in [6, 6.07) is 5.37. The van der Waals surface area contributed by atoms with Crippen LogP contribution in [0.5, 0.6) is 0 Å². The molecule has 2 aromatic heterocycles. The molecule has 10 nitrogen and oxygen atoms in total. The molecule has 0 radical (unpaired) electrons. The summed E-state index contributed by atoms with van der Waals surface area (Å²) < 4.78 is 38.7. The van der Waals surface area contributed by atoms with Gasteiger partial charge in [-0.3, -0.25) is 15.1 Å². The second-order valence-electron chi connectivity index (χ2n) is 9.03. The Morgan fingerprint density at radius 1 is 1.12 bits per heavy atom. The largest absolute Gasteiger partial charge is 0.416 e. The van der Waals surface area contributed by atoms with E-state index in [1.165, 1.54) is 34.8 Å². The molecule has 15 heteroatoms. The van der Waals surface area contributed by atoms with Gasteiger partial charge in [0.1, 0.15) is 5.84 Å². The number of nitrogens with two attached hydrogens (primary N) is 1. The fourth-order valence-electron chi connectivity index (χ4n) is 3.94. The summed E-state index contributed by atoms with van der Waals surface area (Å²) in [6.45, 7) is 3.50. The van der Waals surface area contributed by atoms with E-state index in [1.54, 1.807) is 19.3 Å². The molecule has 0 aliphatic carbocycles. The molecule has 1 aliphatic heterocycles. The van der Waals surface area contributed by atoms with Gasteiger partial charge in [-0.1, -0.05) is 6.07 Å². The van der Waals surface area contributed by atoms with E-state index in [2.05, 4.69) is 30.8 Å². The van der Waals surface area contributed by atoms with E-state index in [-0.39, 0.29) is 11.6 Å². The SMILES string of the molecule is CN=C(NCCc1cnc(NC(=O)Nc2cccc(C(F)(F)F)c2)s1)c1sc(C(=O)N2CCN(C)CC2)cc1N. The lowest BCUT2D eigenvalue weighted by Gasteiger charge is -2.32. The zero-order valence-electron chi connectivity index (χ0n) is 21.8. The Bertz CT molecular complexity index is 1380. The van der Waals surface area contributed by atoms with Gasteiger partial charge in [-0.15, -0.1) is 22.7 Å². The zero-order valence-corrected chi connectivity index (χ0v) is 23.5. The van der Waals surface area contributed by atoms with Gasteiger partial charge in [-0.05, 0) is 31.3 Å². The maximum Gasteiger partial charge on any atom is 0.416 e. The lowest BCUT2D eigenvalue weighted by molar-refractivity contribution is -0.137. The molecule has 1 fully saturated rings. The van der Waals surface area contributed by atoms with Crippen molar-refractivity contribution in [3.63, 3.8) is 0 Å². The summed E-state index contributed by atoms with van der Waals surface area (Å²) in [5.74, 6) is 0.538. The van der Waals surface area contributed by atoms with Crippen molar-refractivity contribution in [3.8, 4) is 0 Å². The number of thiophene rings is 1. The van der Waals surface area contributed by atoms with Gasteiger partial charge in [0.2, 0.25) is 0 Å². The van der Waals surface area contributed by atoms with Gasteiger partial charge < -0.3 is 26.2 Å². The third-order valence-electron chi connectivity index (χ3n) is 6.09. The van der Waals surface area contributed by atoms with Crippen molar-refractivity contribution >= 4 is 57.0 Å². The number of anilines is 3. The summed E-state index contributed by atoms with van der Waals surface area (Å²) >= 11 is 2.55. The molecule has 40 heavy (non-hydrogen) atoms. The third-order valence-corrected chi connectivity index (χ3v) is 8.20. The van der Waals surface area contributed by atoms with Gasteiger partial charge in [0.25, 0.3) is 5.91 Å². The summed E-state index contributed by atoms with van der Waals surface area (Å²) in [6.07, 6.45) is -2.33. The number of benzene rings is 1. The molecule has 0 spiro atoms. The topological polar surface area (TPSA) is 128 Å². The molecule has 0 unspecified atom stereocenters. The smallest absolute Gasteiger partial charge is 0.397 e. The van der Waals surface area contributed by atoms with Crippen molar-refractivity contribution in [1.82, 2.24) is 20.1 Å². The molecule has 3 aromatic rings. The number of thiazole rings is 1. The van der Waals surface area contributed by atoms with Crippen molar-refractivity contribution in [2.24, 2.45) is 4.99 Å². The van der Waals surface area contributed by atoms with Gasteiger partial charge in [0, 0.05) is 63.0 Å². The van der Waals surface area contributed by atoms with E-state index in [4.69, 9.17) is 5.73 Å². The van der Waals surface area contributed by atoms with Gasteiger partial charge >= 0.3 is 12.2 Å². The normalized spacial score (nSPS) is 14.7. The number of piperazine rings is 1. The second kappa shape index (κ2) is 12.7. The maximum atomic E-state index is 12.9. The van der Waals surface area contributed by atoms with Crippen molar-refractivity contribution < 1.29 is 22.8 Å². The highest BCUT2D eigenvalue weighted by atomic mass is 32.1. The highest BCUT2D eigenvalue weighted by molar-refractivity contribution is 7.16. The average molecular weight is 595 g/mol. The number of aliphatic imine (C=N–C) groups is 1. The number of halogens is 3. The molecule has 5 N–H and O–H groups in total. The Morgan fingerprint density at radius 3 is 2.58 bits per heavy atom. The molecule has 0 atom stereocenters. The highest BCUT2D eigenvalue weighted by Gasteiger charge is 2.30. The first-order valence-corrected chi connectivity index (χ1v) is 13.9. The number of nitrogen functional groups attached to an aromatic ring is 1. The Kier molecular flexibility index (Phi) is 9.27. The number of urea groups is 1. The molecule has 4 rings (SSSR count). The Balaban J connectivity index is 1.28. The molecule has 1 saturated heterocycles. The minimum atomic E-state index is -4.51. The van der Waals surface area contributed by atoms with Crippen LogP contribution < -0.4 is 21.7 Å². The van der Waals surface area contributed by atoms with E-state index in [9.17, 15) is 22.8 Å². The number of hydrogen-bond donors (Lipinski definition) is 4. The number of hydrogen-bond acceptors (Lipinski definition) is 8. The van der Waals surface area contributed by atoms with Crippen LogP contribution in [0.25, 0.3) is 0 Å². The van der Waals surface area contributed by atoms with E-state index in [1.807, 2.05) is 11.9 Å². The quantitative estimate of drug-likeness (QED) is 0.242. The van der Waals surface area contributed by atoms with E-state index in [0.29, 0.717) is 52.5 Å². The number of carbonyl (C=O) groups is 2. The minimum absolute atomic E-state index is 0.0147. The van der Waals surface area contributed by atoms with Crippen LogP contribution in [0.15, 0.2) is 41.5 Å². The summed E-state index contributed by atoms with van der Waals surface area (Å²) in [5, 5.41) is 8.47. The number of amides is 3. The average Bonchev–Trinajstić information content (AvgIpc) is 3.52. The van der Waals surface area contributed by atoms with Crippen molar-refractivity contribution in [3.05, 3.63) is 56.7 Å². The fraction of sp³-hybridized carbons (Fsp3) is 0.360. The second-order valence-corrected chi connectivity index (χ2v) is 11.2. The van der Waals surface area contributed by atoms with E-state index < -0.39 is 17.8 Å². The molecule has 1 aromatic carbocycles. The predicted octanol–water partition coefficient (Wildman–Crippen LogP) is 4.05. The first-order chi connectivity index (χ1) is 19.0. The van der Waals surface area contributed by atoms with Crippen molar-refractivity contribution in [2.75, 3.05) is 63.2 Å². The fourth-order valence-corrected chi connectivity index (χ4v) is 5.81. The van der Waals surface area contributed by atoms with Crippen LogP contribution in [-0.2, 0) is 12.6 Å². The molecule has 0 saturated carbocycles. The number of alkyl halides is 3. The number of nitrogens with zero attached hydrogens (tertiary/aromatic N) is 4. The maximum absolute atomic E-state index is 12.9. The molecular weight excluding hydrogens is 565 g/mol. The van der Waals surface area contributed by atoms with Crippen molar-refractivity contribution in [2.45, 2.75) is 12.6 Å². The van der Waals surface area contributed by atoms with Gasteiger partial charge in [0.05, 0.1) is 21.0 Å². The number of nitrogens with one attached hydrogen (secondary N) is 3. The number of rotatable bonds is 7. The highest BCUT2D eigenvalue weighted by Crippen LogP contribution is 2.31. The molecule has 3 heterocycles. The van der Waals surface area contributed by atoms with Crippen LogP contribution in [-0.4, -0.2) is 79.4 Å². The van der Waals surface area contributed by atoms with E-state index in [0.717, 1.165) is 30.1 Å². The lowest BCUT2D eigenvalue weighted by atomic mass is 10.2. The number of amidine groups is 1. The van der Waals surface area contributed by atoms with Crippen LogP contribution >= 0.6 is 22.7 Å². The van der Waals surface area contributed by atoms with Crippen LogP contribution in [0.4, 0.5) is 34.5 Å². The first-order valence-electron chi connectivity index (χ1n) is 12.3. The van der Waals surface area contributed by atoms with Gasteiger partial charge in [0.15, 0.2) is 5.13 Å². The standard InChI is InChI=1S/C25H29F3N8O2S2/c1-30-21(20-18(29)13-19(40-20)22(37)36-10-8-35(2)9-11-36)31-7-6-17-14-32-24(39-17)34-23(38)33-16-5-3-4-15(12-16)25(26,27)28/h3-5,12-14H,6-11,29H2,1-2H3,(H,30,31)(H2,32,33,34,38). The minimum Gasteiger partial charge on any atom is -0.397 e. The van der Waals surface area contributed by atoms with E-state index >= 15 is 0 Å². The third kappa shape index (κ3) is 7.49. The Hall–Kier alpha value is -3.69. The zero-order chi connectivity index (χ0) is 28.9. The molecule has 0 bridgehead atoms. The molecular formula is C25H29F3N8O2S2. The van der Waals surface area contributed by atoms with Crippen LogP contribution in [0.1, 0.15) is 25.0 Å². The Morgan fingerprint density at radius 2 is 1.88 bits per heavy atom. The monoisotopic (exact) mass is 594 g/mol. The molecule has 3 amide bonds. The summed E-state index contributed by atoms with van der Waals surface area (Å²) in [4.78, 5) is 39.8. The predicted molar refractivity (Wildman–Crippen MR) is 152 cm³/mol. The van der Waals surface area contributed by atoms with Crippen LogP contribution in [0, 0.1) is 0 Å². The number of carbonyl (C=O) groups excluding carboxylic acids is 2. The summed E-state index contributed by atoms with van der Waals surface area (Å²) in [7, 11) is 3.67. The first kappa shape index (κ1) is 29.3. The molecule has 1 aliphatic rings. The van der Waals surface area contributed by atoms with Gasteiger partial charge in [-0.25, -0.2) is 9.78 Å². The number of aromatic nitrogens is 1. The number of likely N-dealkylation sites (N-methyl/N-ethyl adjacent to an activating group) is 1.